The first-order valence-corrected chi connectivity index (χ1v) is 9.01. The predicted molar refractivity (Wildman–Crippen MR) is 97.7 cm³/mol. The first-order chi connectivity index (χ1) is 12.9. The van der Waals surface area contributed by atoms with E-state index in [0.29, 0.717) is 38.3 Å². The number of benzene rings is 1. The quantitative estimate of drug-likeness (QED) is 0.731. The molecular formula is C19H26N2O6. The Hall–Kier alpha value is -2.77. The van der Waals surface area contributed by atoms with Gasteiger partial charge in [-0.2, -0.15) is 0 Å². The molecule has 8 heteroatoms. The number of rotatable bonds is 8. The number of aliphatic carboxylic acids is 1. The van der Waals surface area contributed by atoms with E-state index < -0.39 is 11.9 Å². The van der Waals surface area contributed by atoms with Crippen molar-refractivity contribution in [2.45, 2.75) is 19.8 Å². The second kappa shape index (κ2) is 9.80. The Morgan fingerprint density at radius 1 is 1.11 bits per heavy atom. The summed E-state index contributed by atoms with van der Waals surface area (Å²) in [7, 11) is 1.55. The Morgan fingerprint density at radius 2 is 1.67 bits per heavy atom. The van der Waals surface area contributed by atoms with Crippen LogP contribution in [0.1, 0.15) is 19.8 Å². The van der Waals surface area contributed by atoms with Crippen LogP contribution in [0.5, 0.6) is 11.5 Å². The lowest BCUT2D eigenvalue weighted by molar-refractivity contribution is -0.146. The van der Waals surface area contributed by atoms with Crippen molar-refractivity contribution in [1.82, 2.24) is 9.80 Å². The molecule has 0 radical (unpaired) electrons. The fraction of sp³-hybridized carbons (Fsp3) is 0.526. The van der Waals surface area contributed by atoms with Gasteiger partial charge in [-0.25, -0.2) is 0 Å². The van der Waals surface area contributed by atoms with Crippen molar-refractivity contribution in [2.24, 2.45) is 5.92 Å². The Balaban J connectivity index is 1.74. The van der Waals surface area contributed by atoms with E-state index in [1.165, 1.54) is 4.90 Å². The van der Waals surface area contributed by atoms with Crippen molar-refractivity contribution >= 4 is 17.8 Å². The summed E-state index contributed by atoms with van der Waals surface area (Å²) in [5.74, 6) is -0.432. The molecule has 1 aromatic carbocycles. The Kier molecular flexibility index (Phi) is 7.45. The van der Waals surface area contributed by atoms with Crippen molar-refractivity contribution < 1.29 is 29.0 Å². The topological polar surface area (TPSA) is 96.4 Å². The highest BCUT2D eigenvalue weighted by Crippen LogP contribution is 2.18. The van der Waals surface area contributed by atoms with Crippen LogP contribution in [-0.4, -0.2) is 72.6 Å². The molecule has 0 unspecified atom stereocenters. The third-order valence-corrected chi connectivity index (χ3v) is 4.49. The molecule has 0 bridgehead atoms. The van der Waals surface area contributed by atoms with Crippen LogP contribution in [-0.2, 0) is 14.4 Å². The number of ether oxygens (including phenoxy) is 2. The van der Waals surface area contributed by atoms with Gasteiger partial charge in [-0.15, -0.1) is 0 Å². The fourth-order valence-electron chi connectivity index (χ4n) is 2.82. The van der Waals surface area contributed by atoms with E-state index >= 15 is 0 Å². The molecule has 0 saturated carbocycles. The number of carboxylic acid groups (broad SMARTS) is 1. The van der Waals surface area contributed by atoms with E-state index in [0.717, 1.165) is 5.75 Å². The summed E-state index contributed by atoms with van der Waals surface area (Å²) >= 11 is 0. The summed E-state index contributed by atoms with van der Waals surface area (Å²) in [5, 5.41) is 9.00. The molecule has 8 nitrogen and oxygen atoms in total. The van der Waals surface area contributed by atoms with Gasteiger partial charge in [0.1, 0.15) is 11.5 Å². The SMILES string of the molecule is CCOc1ccc(OCC(=O)N(C)CC(=O)N2CCC(C(=O)O)CC2)cc1. The van der Waals surface area contributed by atoms with E-state index in [-0.39, 0.29) is 25.0 Å². The molecule has 1 fully saturated rings. The number of carboxylic acids is 1. The molecule has 1 heterocycles. The lowest BCUT2D eigenvalue weighted by Crippen LogP contribution is -2.46. The van der Waals surface area contributed by atoms with Gasteiger partial charge in [0.2, 0.25) is 5.91 Å². The fourth-order valence-corrected chi connectivity index (χ4v) is 2.82. The van der Waals surface area contributed by atoms with Gasteiger partial charge in [0.05, 0.1) is 19.1 Å². The summed E-state index contributed by atoms with van der Waals surface area (Å²) in [4.78, 5) is 38.4. The third-order valence-electron chi connectivity index (χ3n) is 4.49. The van der Waals surface area contributed by atoms with Gasteiger partial charge >= 0.3 is 5.97 Å². The molecule has 1 aliphatic rings. The molecule has 27 heavy (non-hydrogen) atoms. The first kappa shape index (κ1) is 20.5. The van der Waals surface area contributed by atoms with Crippen molar-refractivity contribution in [2.75, 3.05) is 39.9 Å². The molecule has 1 aliphatic heterocycles. The first-order valence-electron chi connectivity index (χ1n) is 9.01. The van der Waals surface area contributed by atoms with Gasteiger partial charge in [0.15, 0.2) is 6.61 Å². The minimum atomic E-state index is -0.819. The number of nitrogens with zero attached hydrogens (tertiary/aromatic N) is 2. The lowest BCUT2D eigenvalue weighted by Gasteiger charge is -2.31. The van der Waals surface area contributed by atoms with Gasteiger partial charge in [0, 0.05) is 20.1 Å². The molecule has 0 spiro atoms. The van der Waals surface area contributed by atoms with Crippen molar-refractivity contribution in [3.8, 4) is 11.5 Å². The van der Waals surface area contributed by atoms with Crippen LogP contribution >= 0.6 is 0 Å². The molecule has 0 aliphatic carbocycles. The van der Waals surface area contributed by atoms with E-state index in [4.69, 9.17) is 14.6 Å². The van der Waals surface area contributed by atoms with Gasteiger partial charge in [-0.3, -0.25) is 14.4 Å². The largest absolute Gasteiger partial charge is 0.494 e. The second-order valence-electron chi connectivity index (χ2n) is 6.44. The van der Waals surface area contributed by atoms with E-state index in [2.05, 4.69) is 0 Å². The van der Waals surface area contributed by atoms with Gasteiger partial charge in [-0.1, -0.05) is 0 Å². The van der Waals surface area contributed by atoms with E-state index in [1.54, 1.807) is 36.2 Å². The average molecular weight is 378 g/mol. The van der Waals surface area contributed by atoms with Crippen LogP contribution in [0.15, 0.2) is 24.3 Å². The van der Waals surface area contributed by atoms with Crippen LogP contribution in [0.4, 0.5) is 0 Å². The second-order valence-corrected chi connectivity index (χ2v) is 6.44. The highest BCUT2D eigenvalue weighted by Gasteiger charge is 2.27. The maximum absolute atomic E-state index is 12.3. The smallest absolute Gasteiger partial charge is 0.306 e. The van der Waals surface area contributed by atoms with Gasteiger partial charge in [-0.05, 0) is 44.0 Å². The standard InChI is InChI=1S/C19H26N2O6/c1-3-26-15-4-6-16(7-5-15)27-13-18(23)20(2)12-17(22)21-10-8-14(9-11-21)19(24)25/h4-7,14H,3,8-13H2,1-2H3,(H,24,25). The highest BCUT2D eigenvalue weighted by atomic mass is 16.5. The van der Waals surface area contributed by atoms with Gasteiger partial charge in [0.25, 0.3) is 5.91 Å². The maximum atomic E-state index is 12.3. The normalized spacial score (nSPS) is 14.5. The zero-order chi connectivity index (χ0) is 19.8. The summed E-state index contributed by atoms with van der Waals surface area (Å²) in [6.45, 7) is 3.06. The molecule has 0 aromatic heterocycles. The Morgan fingerprint density at radius 3 is 2.19 bits per heavy atom. The molecule has 2 rings (SSSR count). The molecule has 0 atom stereocenters. The molecule has 1 aromatic rings. The zero-order valence-corrected chi connectivity index (χ0v) is 15.7. The monoisotopic (exact) mass is 378 g/mol. The number of amides is 2. The highest BCUT2D eigenvalue weighted by molar-refractivity contribution is 5.85. The summed E-state index contributed by atoms with van der Waals surface area (Å²) in [6.07, 6.45) is 0.888. The molecule has 1 saturated heterocycles. The van der Waals surface area contributed by atoms with Gasteiger partial charge < -0.3 is 24.4 Å². The van der Waals surface area contributed by atoms with Crippen LogP contribution in [0.25, 0.3) is 0 Å². The van der Waals surface area contributed by atoms with Crippen molar-refractivity contribution in [3.05, 3.63) is 24.3 Å². The minimum Gasteiger partial charge on any atom is -0.494 e. The van der Waals surface area contributed by atoms with Crippen LogP contribution in [0.3, 0.4) is 0 Å². The maximum Gasteiger partial charge on any atom is 0.306 e. The zero-order valence-electron chi connectivity index (χ0n) is 15.7. The number of hydrogen-bond acceptors (Lipinski definition) is 5. The third kappa shape index (κ3) is 6.16. The Bertz CT molecular complexity index is 653. The molecule has 148 valence electrons. The molecule has 1 N–H and O–H groups in total. The average Bonchev–Trinajstić information content (AvgIpc) is 2.67. The Labute approximate surface area is 158 Å². The number of carbonyl (C=O) groups is 3. The molecular weight excluding hydrogens is 352 g/mol. The predicted octanol–water partition coefficient (Wildman–Crippen LogP) is 1.25. The van der Waals surface area contributed by atoms with Crippen molar-refractivity contribution in [3.63, 3.8) is 0 Å². The van der Waals surface area contributed by atoms with E-state index in [9.17, 15) is 14.4 Å². The summed E-state index contributed by atoms with van der Waals surface area (Å²) in [6, 6.07) is 6.96. The summed E-state index contributed by atoms with van der Waals surface area (Å²) < 4.78 is 10.8. The lowest BCUT2D eigenvalue weighted by atomic mass is 9.97. The number of hydrogen-bond donors (Lipinski definition) is 1. The van der Waals surface area contributed by atoms with Crippen LogP contribution < -0.4 is 9.47 Å². The summed E-state index contributed by atoms with van der Waals surface area (Å²) in [5.41, 5.74) is 0. The number of likely N-dealkylation sites (tertiary alicyclic amines) is 1. The van der Waals surface area contributed by atoms with E-state index in [1.807, 2.05) is 6.92 Å². The number of likely N-dealkylation sites (N-methyl/N-ethyl adjacent to an activating group) is 1. The molecule has 2 amide bonds. The number of carbonyl (C=O) groups excluding carboxylic acids is 2. The minimum absolute atomic E-state index is 0.0524. The number of piperidine rings is 1. The van der Waals surface area contributed by atoms with Crippen LogP contribution in [0.2, 0.25) is 0 Å². The van der Waals surface area contributed by atoms with Crippen molar-refractivity contribution in [1.29, 1.82) is 0 Å². The van der Waals surface area contributed by atoms with Crippen LogP contribution in [0, 0.1) is 5.92 Å².